The molecule has 1 amide bonds. The molecule has 2 rings (SSSR count). The maximum Gasteiger partial charge on any atom is 0.272 e. The van der Waals surface area contributed by atoms with E-state index in [-0.39, 0.29) is 5.91 Å². The van der Waals surface area contributed by atoms with Gasteiger partial charge in [-0.2, -0.15) is 0 Å². The van der Waals surface area contributed by atoms with E-state index >= 15 is 0 Å². The lowest BCUT2D eigenvalue weighted by Crippen LogP contribution is -2.40. The summed E-state index contributed by atoms with van der Waals surface area (Å²) in [7, 11) is 0. The third kappa shape index (κ3) is 2.97. The minimum absolute atomic E-state index is 0.0310. The first-order valence-corrected chi connectivity index (χ1v) is 6.53. The Kier molecular flexibility index (Phi) is 4.00. The zero-order chi connectivity index (χ0) is 12.3. The summed E-state index contributed by atoms with van der Waals surface area (Å²) in [5.74, 6) is 1.09. The molecule has 0 bridgehead atoms. The number of likely N-dealkylation sites (tertiary alicyclic amines) is 1. The van der Waals surface area contributed by atoms with E-state index in [2.05, 4.69) is 4.98 Å². The van der Waals surface area contributed by atoms with E-state index in [1.807, 2.05) is 24.0 Å². The molecule has 2 heterocycles. The average molecular weight is 253 g/mol. The van der Waals surface area contributed by atoms with Crippen LogP contribution in [-0.2, 0) is 0 Å². The van der Waals surface area contributed by atoms with Crippen molar-refractivity contribution in [3.8, 4) is 0 Å². The Bertz CT molecular complexity index is 408. The SMILES string of the molecule is Cc1cccc(C(=O)N2CCCC(CCl)C2)n1. The minimum atomic E-state index is 0.0310. The van der Waals surface area contributed by atoms with E-state index in [4.69, 9.17) is 11.6 Å². The Morgan fingerprint density at radius 1 is 1.59 bits per heavy atom. The van der Waals surface area contributed by atoms with Crippen molar-refractivity contribution in [2.24, 2.45) is 5.92 Å². The molecular weight excluding hydrogens is 236 g/mol. The van der Waals surface area contributed by atoms with Crippen molar-refractivity contribution in [3.63, 3.8) is 0 Å². The van der Waals surface area contributed by atoms with Crippen LogP contribution < -0.4 is 0 Å². The number of alkyl halides is 1. The minimum Gasteiger partial charge on any atom is -0.337 e. The molecule has 0 spiro atoms. The summed E-state index contributed by atoms with van der Waals surface area (Å²) in [5.41, 5.74) is 1.42. The summed E-state index contributed by atoms with van der Waals surface area (Å²) >= 11 is 5.87. The van der Waals surface area contributed by atoms with Gasteiger partial charge in [-0.15, -0.1) is 11.6 Å². The van der Waals surface area contributed by atoms with Crippen molar-refractivity contribution in [1.82, 2.24) is 9.88 Å². The lowest BCUT2D eigenvalue weighted by molar-refractivity contribution is 0.0678. The number of halogens is 1. The number of amides is 1. The maximum atomic E-state index is 12.2. The number of carbonyl (C=O) groups excluding carboxylic acids is 1. The number of aromatic nitrogens is 1. The van der Waals surface area contributed by atoms with Gasteiger partial charge in [0.15, 0.2) is 0 Å². The molecule has 4 heteroatoms. The Morgan fingerprint density at radius 2 is 2.41 bits per heavy atom. The molecule has 17 heavy (non-hydrogen) atoms. The molecule has 1 saturated heterocycles. The van der Waals surface area contributed by atoms with Crippen LogP contribution in [0.1, 0.15) is 29.0 Å². The Hall–Kier alpha value is -1.09. The lowest BCUT2D eigenvalue weighted by atomic mass is 10.00. The molecule has 1 aromatic rings. The monoisotopic (exact) mass is 252 g/mol. The van der Waals surface area contributed by atoms with E-state index < -0.39 is 0 Å². The number of rotatable bonds is 2. The van der Waals surface area contributed by atoms with Gasteiger partial charge in [0.2, 0.25) is 0 Å². The van der Waals surface area contributed by atoms with Crippen molar-refractivity contribution < 1.29 is 4.79 Å². The van der Waals surface area contributed by atoms with Crippen LogP contribution in [0.25, 0.3) is 0 Å². The highest BCUT2D eigenvalue weighted by Gasteiger charge is 2.24. The number of nitrogens with zero attached hydrogens (tertiary/aromatic N) is 2. The zero-order valence-corrected chi connectivity index (χ0v) is 10.8. The normalized spacial score (nSPS) is 20.4. The Balaban J connectivity index is 2.09. The second-order valence-corrected chi connectivity index (χ2v) is 4.89. The molecule has 3 nitrogen and oxygen atoms in total. The molecule has 0 saturated carbocycles. The summed E-state index contributed by atoms with van der Waals surface area (Å²) in [4.78, 5) is 18.4. The van der Waals surface area contributed by atoms with Crippen LogP contribution >= 0.6 is 11.6 Å². The number of hydrogen-bond acceptors (Lipinski definition) is 2. The van der Waals surface area contributed by atoms with Gasteiger partial charge in [-0.25, -0.2) is 4.98 Å². The van der Waals surface area contributed by atoms with Crippen molar-refractivity contribution in [1.29, 1.82) is 0 Å². The number of pyridine rings is 1. The van der Waals surface area contributed by atoms with Gasteiger partial charge in [0.1, 0.15) is 5.69 Å². The van der Waals surface area contributed by atoms with Crippen LogP contribution in [0.4, 0.5) is 0 Å². The Morgan fingerprint density at radius 3 is 3.12 bits per heavy atom. The van der Waals surface area contributed by atoms with E-state index in [0.717, 1.165) is 31.6 Å². The van der Waals surface area contributed by atoms with Crippen LogP contribution in [0.5, 0.6) is 0 Å². The van der Waals surface area contributed by atoms with E-state index in [0.29, 0.717) is 17.5 Å². The predicted molar refractivity (Wildman–Crippen MR) is 68.3 cm³/mol. The molecule has 1 aromatic heterocycles. The molecular formula is C13H17ClN2O. The standard InChI is InChI=1S/C13H17ClN2O/c1-10-4-2-6-12(15-10)13(17)16-7-3-5-11(8-14)9-16/h2,4,6,11H,3,5,7-9H2,1H3. The molecule has 0 aliphatic carbocycles. The number of hydrogen-bond donors (Lipinski definition) is 0. The van der Waals surface area contributed by atoms with E-state index in [1.165, 1.54) is 0 Å². The average Bonchev–Trinajstić information content (AvgIpc) is 2.38. The highest BCUT2D eigenvalue weighted by Crippen LogP contribution is 2.19. The van der Waals surface area contributed by atoms with Gasteiger partial charge in [0.05, 0.1) is 0 Å². The summed E-state index contributed by atoms with van der Waals surface area (Å²) in [6.07, 6.45) is 2.16. The molecule has 1 fully saturated rings. The molecule has 0 aromatic carbocycles. The first-order chi connectivity index (χ1) is 8.20. The smallest absolute Gasteiger partial charge is 0.272 e. The predicted octanol–water partition coefficient (Wildman–Crippen LogP) is 2.48. The number of carbonyl (C=O) groups is 1. The second kappa shape index (κ2) is 5.50. The van der Waals surface area contributed by atoms with E-state index in [9.17, 15) is 4.79 Å². The van der Waals surface area contributed by atoms with Crippen molar-refractivity contribution in [2.45, 2.75) is 19.8 Å². The van der Waals surface area contributed by atoms with Crippen molar-refractivity contribution in [2.75, 3.05) is 19.0 Å². The fourth-order valence-corrected chi connectivity index (χ4v) is 2.45. The van der Waals surface area contributed by atoms with Gasteiger partial charge in [-0.3, -0.25) is 4.79 Å². The summed E-state index contributed by atoms with van der Waals surface area (Å²) < 4.78 is 0. The fourth-order valence-electron chi connectivity index (χ4n) is 2.20. The molecule has 0 N–H and O–H groups in total. The number of piperidine rings is 1. The van der Waals surface area contributed by atoms with Gasteiger partial charge < -0.3 is 4.90 Å². The summed E-state index contributed by atoms with van der Waals surface area (Å²) in [6.45, 7) is 3.48. The summed E-state index contributed by atoms with van der Waals surface area (Å²) in [6, 6.07) is 5.55. The fraction of sp³-hybridized carbons (Fsp3) is 0.538. The number of aryl methyl sites for hydroxylation is 1. The van der Waals surface area contributed by atoms with Gasteiger partial charge in [0.25, 0.3) is 5.91 Å². The van der Waals surface area contributed by atoms with Gasteiger partial charge in [-0.05, 0) is 37.8 Å². The highest BCUT2D eigenvalue weighted by molar-refractivity contribution is 6.18. The summed E-state index contributed by atoms with van der Waals surface area (Å²) in [5, 5.41) is 0. The third-order valence-electron chi connectivity index (χ3n) is 3.13. The van der Waals surface area contributed by atoms with Crippen LogP contribution in [-0.4, -0.2) is 34.8 Å². The van der Waals surface area contributed by atoms with Gasteiger partial charge in [-0.1, -0.05) is 6.07 Å². The van der Waals surface area contributed by atoms with Gasteiger partial charge >= 0.3 is 0 Å². The largest absolute Gasteiger partial charge is 0.337 e. The zero-order valence-electron chi connectivity index (χ0n) is 10.0. The molecule has 92 valence electrons. The highest BCUT2D eigenvalue weighted by atomic mass is 35.5. The van der Waals surface area contributed by atoms with Crippen LogP contribution in [0.2, 0.25) is 0 Å². The second-order valence-electron chi connectivity index (χ2n) is 4.58. The quantitative estimate of drug-likeness (QED) is 0.758. The molecule has 0 radical (unpaired) electrons. The van der Waals surface area contributed by atoms with Crippen molar-refractivity contribution in [3.05, 3.63) is 29.6 Å². The van der Waals surface area contributed by atoms with Gasteiger partial charge in [0, 0.05) is 24.7 Å². The third-order valence-corrected chi connectivity index (χ3v) is 3.57. The van der Waals surface area contributed by atoms with Crippen molar-refractivity contribution >= 4 is 17.5 Å². The lowest BCUT2D eigenvalue weighted by Gasteiger charge is -2.31. The first kappa shape index (κ1) is 12.4. The molecule has 1 unspecified atom stereocenters. The maximum absolute atomic E-state index is 12.2. The van der Waals surface area contributed by atoms with Crippen LogP contribution in [0.3, 0.4) is 0 Å². The van der Waals surface area contributed by atoms with Crippen LogP contribution in [0, 0.1) is 12.8 Å². The molecule has 1 aliphatic heterocycles. The molecule has 1 atom stereocenters. The first-order valence-electron chi connectivity index (χ1n) is 5.99. The van der Waals surface area contributed by atoms with E-state index in [1.54, 1.807) is 6.07 Å². The Labute approximate surface area is 107 Å². The topological polar surface area (TPSA) is 33.2 Å². The van der Waals surface area contributed by atoms with Crippen LogP contribution in [0.15, 0.2) is 18.2 Å². The molecule has 1 aliphatic rings.